The maximum absolute atomic E-state index is 12.9. The SMILES string of the molecule is COc1cc(C(=O)Nc2cccc(OCc3cc(=O)n4cc(C)ccc4n3)c2)cc(OC)c1OC. The first-order chi connectivity index (χ1) is 16.9. The number of nitrogens with zero attached hydrogens (tertiary/aromatic N) is 2. The minimum absolute atomic E-state index is 0.101. The highest BCUT2D eigenvalue weighted by molar-refractivity contribution is 6.05. The molecule has 180 valence electrons. The molecule has 0 radical (unpaired) electrons. The quantitative estimate of drug-likeness (QED) is 0.413. The molecule has 1 N–H and O–H groups in total. The van der Waals surface area contributed by atoms with Gasteiger partial charge in [0.25, 0.3) is 11.5 Å². The average molecular weight is 476 g/mol. The molecule has 0 saturated carbocycles. The number of ether oxygens (including phenoxy) is 4. The van der Waals surface area contributed by atoms with Crippen molar-refractivity contribution in [2.24, 2.45) is 0 Å². The van der Waals surface area contributed by atoms with Crippen molar-refractivity contribution >= 4 is 17.2 Å². The molecule has 0 aliphatic carbocycles. The minimum Gasteiger partial charge on any atom is -0.493 e. The lowest BCUT2D eigenvalue weighted by atomic mass is 10.1. The summed E-state index contributed by atoms with van der Waals surface area (Å²) >= 11 is 0. The van der Waals surface area contributed by atoms with Gasteiger partial charge in [-0.1, -0.05) is 12.1 Å². The van der Waals surface area contributed by atoms with Crippen LogP contribution in [-0.4, -0.2) is 36.6 Å². The molecule has 2 aromatic heterocycles. The summed E-state index contributed by atoms with van der Waals surface area (Å²) in [6, 6.07) is 15.2. The number of amides is 1. The summed E-state index contributed by atoms with van der Waals surface area (Å²) in [6.45, 7) is 2.01. The predicted molar refractivity (Wildman–Crippen MR) is 131 cm³/mol. The Labute approximate surface area is 201 Å². The van der Waals surface area contributed by atoms with E-state index in [4.69, 9.17) is 18.9 Å². The Hall–Kier alpha value is -4.53. The molecule has 0 spiro atoms. The number of fused-ring (bicyclic) bond motifs is 1. The highest BCUT2D eigenvalue weighted by atomic mass is 16.5. The number of rotatable bonds is 8. The third kappa shape index (κ3) is 5.19. The van der Waals surface area contributed by atoms with Crippen molar-refractivity contribution in [3.8, 4) is 23.0 Å². The number of aromatic nitrogens is 2. The molecule has 0 fully saturated rings. The number of hydrogen-bond donors (Lipinski definition) is 1. The number of hydrogen-bond acceptors (Lipinski definition) is 7. The van der Waals surface area contributed by atoms with Crippen LogP contribution in [0.1, 0.15) is 21.6 Å². The van der Waals surface area contributed by atoms with Crippen LogP contribution in [0.5, 0.6) is 23.0 Å². The lowest BCUT2D eigenvalue weighted by molar-refractivity contribution is 0.102. The third-order valence-electron chi connectivity index (χ3n) is 5.27. The second kappa shape index (κ2) is 10.2. The van der Waals surface area contributed by atoms with Crippen molar-refractivity contribution in [2.75, 3.05) is 26.6 Å². The molecule has 9 nitrogen and oxygen atoms in total. The number of pyridine rings is 1. The van der Waals surface area contributed by atoms with Crippen LogP contribution in [0, 0.1) is 6.92 Å². The summed E-state index contributed by atoms with van der Waals surface area (Å²) < 4.78 is 23.3. The van der Waals surface area contributed by atoms with Gasteiger partial charge in [-0.3, -0.25) is 14.0 Å². The molecule has 4 aromatic rings. The van der Waals surface area contributed by atoms with Crippen molar-refractivity contribution in [1.29, 1.82) is 0 Å². The zero-order valence-corrected chi connectivity index (χ0v) is 19.8. The summed E-state index contributed by atoms with van der Waals surface area (Å²) in [7, 11) is 4.47. The normalized spacial score (nSPS) is 10.6. The number of carbonyl (C=O) groups is 1. The molecule has 2 aromatic carbocycles. The highest BCUT2D eigenvalue weighted by Crippen LogP contribution is 2.38. The second-order valence-corrected chi connectivity index (χ2v) is 7.71. The van der Waals surface area contributed by atoms with Crippen molar-refractivity contribution < 1.29 is 23.7 Å². The van der Waals surface area contributed by atoms with E-state index in [1.807, 2.05) is 13.0 Å². The first-order valence-electron chi connectivity index (χ1n) is 10.7. The summed E-state index contributed by atoms with van der Waals surface area (Å²) in [5.41, 5.74) is 2.71. The highest BCUT2D eigenvalue weighted by Gasteiger charge is 2.17. The van der Waals surface area contributed by atoms with E-state index >= 15 is 0 Å². The monoisotopic (exact) mass is 475 g/mol. The molecule has 0 aliphatic heterocycles. The van der Waals surface area contributed by atoms with Gasteiger partial charge < -0.3 is 24.3 Å². The Morgan fingerprint density at radius 1 is 0.971 bits per heavy atom. The minimum atomic E-state index is -0.360. The van der Waals surface area contributed by atoms with Crippen LogP contribution in [0.3, 0.4) is 0 Å². The van der Waals surface area contributed by atoms with E-state index in [9.17, 15) is 9.59 Å². The van der Waals surface area contributed by atoms with Crippen molar-refractivity contribution in [3.05, 3.63) is 88.0 Å². The molecular formula is C26H25N3O6. The number of carbonyl (C=O) groups excluding carboxylic acids is 1. The van der Waals surface area contributed by atoms with Gasteiger partial charge in [0.2, 0.25) is 5.75 Å². The van der Waals surface area contributed by atoms with Gasteiger partial charge in [-0.25, -0.2) is 4.98 Å². The molecule has 9 heteroatoms. The molecule has 4 rings (SSSR count). The Balaban J connectivity index is 1.49. The van der Waals surface area contributed by atoms with Crippen LogP contribution in [0.2, 0.25) is 0 Å². The number of benzene rings is 2. The van der Waals surface area contributed by atoms with E-state index in [2.05, 4.69) is 10.3 Å². The molecule has 0 atom stereocenters. The van der Waals surface area contributed by atoms with E-state index in [-0.39, 0.29) is 18.1 Å². The second-order valence-electron chi connectivity index (χ2n) is 7.71. The standard InChI is InChI=1S/C26H25N3O6/c1-16-8-9-23-27-19(13-24(30)29(23)14-16)15-35-20-7-5-6-18(12-20)28-26(31)17-10-21(32-2)25(34-4)22(11-17)33-3/h5-14H,15H2,1-4H3,(H,28,31). The zero-order valence-electron chi connectivity index (χ0n) is 19.8. The number of nitrogens with one attached hydrogen (secondary N) is 1. The maximum Gasteiger partial charge on any atom is 0.258 e. The van der Waals surface area contributed by atoms with E-state index in [1.54, 1.807) is 48.7 Å². The summed E-state index contributed by atoms with van der Waals surface area (Å²) in [6.07, 6.45) is 1.75. The third-order valence-corrected chi connectivity index (χ3v) is 5.27. The van der Waals surface area contributed by atoms with Crippen LogP contribution in [0.4, 0.5) is 5.69 Å². The largest absolute Gasteiger partial charge is 0.493 e. The fraction of sp³-hybridized carbons (Fsp3) is 0.192. The van der Waals surface area contributed by atoms with Gasteiger partial charge in [-0.15, -0.1) is 0 Å². The molecule has 0 bridgehead atoms. The molecule has 0 unspecified atom stereocenters. The van der Waals surface area contributed by atoms with Gasteiger partial charge in [-0.2, -0.15) is 0 Å². The topological polar surface area (TPSA) is 100 Å². The zero-order chi connectivity index (χ0) is 24.9. The Kier molecular flexibility index (Phi) is 6.86. The summed E-state index contributed by atoms with van der Waals surface area (Å²) in [5, 5.41) is 2.84. The predicted octanol–water partition coefficient (Wildman–Crippen LogP) is 3.86. The molecule has 2 heterocycles. The van der Waals surface area contributed by atoms with Crippen LogP contribution in [0.25, 0.3) is 5.65 Å². The van der Waals surface area contributed by atoms with Gasteiger partial charge >= 0.3 is 0 Å². The van der Waals surface area contributed by atoms with E-state index < -0.39 is 0 Å². The Morgan fingerprint density at radius 2 is 1.71 bits per heavy atom. The Morgan fingerprint density at radius 3 is 2.40 bits per heavy atom. The van der Waals surface area contributed by atoms with Crippen LogP contribution < -0.4 is 29.8 Å². The molecule has 0 saturated heterocycles. The van der Waals surface area contributed by atoms with Gasteiger partial charge in [-0.05, 0) is 42.8 Å². The van der Waals surface area contributed by atoms with E-state index in [0.717, 1.165) is 5.56 Å². The lowest BCUT2D eigenvalue weighted by Crippen LogP contribution is -2.16. The smallest absolute Gasteiger partial charge is 0.258 e. The average Bonchev–Trinajstić information content (AvgIpc) is 2.87. The van der Waals surface area contributed by atoms with Crippen LogP contribution in [-0.2, 0) is 6.61 Å². The van der Waals surface area contributed by atoms with Gasteiger partial charge in [0, 0.05) is 29.6 Å². The molecular weight excluding hydrogens is 450 g/mol. The fourth-order valence-electron chi connectivity index (χ4n) is 3.57. The lowest BCUT2D eigenvalue weighted by Gasteiger charge is -2.14. The van der Waals surface area contributed by atoms with E-state index in [1.165, 1.54) is 31.8 Å². The molecule has 1 amide bonds. The van der Waals surface area contributed by atoms with E-state index in [0.29, 0.717) is 45.6 Å². The molecule has 35 heavy (non-hydrogen) atoms. The van der Waals surface area contributed by atoms with Crippen LogP contribution in [0.15, 0.2) is 65.6 Å². The Bertz CT molecular complexity index is 1420. The molecule has 0 aliphatic rings. The number of anilines is 1. The van der Waals surface area contributed by atoms with Crippen LogP contribution >= 0.6 is 0 Å². The van der Waals surface area contributed by atoms with Gasteiger partial charge in [0.05, 0.1) is 27.0 Å². The maximum atomic E-state index is 12.9. The van der Waals surface area contributed by atoms with Crippen molar-refractivity contribution in [1.82, 2.24) is 9.38 Å². The van der Waals surface area contributed by atoms with Gasteiger partial charge in [0.15, 0.2) is 11.5 Å². The first-order valence-corrected chi connectivity index (χ1v) is 10.7. The first kappa shape index (κ1) is 23.6. The van der Waals surface area contributed by atoms with Crippen molar-refractivity contribution in [2.45, 2.75) is 13.5 Å². The number of methoxy groups -OCH3 is 3. The summed E-state index contributed by atoms with van der Waals surface area (Å²) in [4.78, 5) is 29.8. The van der Waals surface area contributed by atoms with Crippen molar-refractivity contribution in [3.63, 3.8) is 0 Å². The number of aryl methyl sites for hydroxylation is 1. The fourth-order valence-corrected chi connectivity index (χ4v) is 3.57. The summed E-state index contributed by atoms with van der Waals surface area (Å²) in [5.74, 6) is 1.31. The van der Waals surface area contributed by atoms with Gasteiger partial charge in [0.1, 0.15) is 18.0 Å².